The van der Waals surface area contributed by atoms with Crippen LogP contribution in [0.25, 0.3) is 0 Å². The summed E-state index contributed by atoms with van der Waals surface area (Å²) in [6.07, 6.45) is 2.29. The molecule has 5 nitrogen and oxygen atoms in total. The van der Waals surface area contributed by atoms with Crippen LogP contribution >= 0.6 is 0 Å². The first kappa shape index (κ1) is 13.7. The van der Waals surface area contributed by atoms with E-state index in [2.05, 4.69) is 5.32 Å². The van der Waals surface area contributed by atoms with Gasteiger partial charge in [-0.15, -0.1) is 0 Å². The summed E-state index contributed by atoms with van der Waals surface area (Å²) >= 11 is 0. The van der Waals surface area contributed by atoms with E-state index in [1.165, 1.54) is 13.2 Å². The molecule has 0 aromatic heterocycles. The van der Waals surface area contributed by atoms with Crippen LogP contribution in [0, 0.1) is 0 Å². The molecule has 5 heteroatoms. The first-order valence-corrected chi connectivity index (χ1v) is 7.03. The Morgan fingerprint density at radius 2 is 2.10 bits per heavy atom. The van der Waals surface area contributed by atoms with Gasteiger partial charge in [-0.3, -0.25) is 9.59 Å². The topological polar surface area (TPSA) is 75.6 Å². The molecular weight excluding hydrogens is 270 g/mol. The van der Waals surface area contributed by atoms with Gasteiger partial charge < -0.3 is 15.2 Å². The highest BCUT2D eigenvalue weighted by atomic mass is 16.5. The normalized spacial score (nSPS) is 21.9. The lowest BCUT2D eigenvalue weighted by Crippen LogP contribution is -2.36. The van der Waals surface area contributed by atoms with Crippen LogP contribution < -0.4 is 10.1 Å². The summed E-state index contributed by atoms with van der Waals surface area (Å²) in [7, 11) is 1.48. The Kier molecular flexibility index (Phi) is 3.41. The van der Waals surface area contributed by atoms with E-state index >= 15 is 0 Å². The maximum absolute atomic E-state index is 12.3. The molecule has 0 bridgehead atoms. The van der Waals surface area contributed by atoms with E-state index in [0.717, 1.165) is 24.1 Å². The molecule has 1 aromatic rings. The first-order chi connectivity index (χ1) is 10.1. The molecule has 1 unspecified atom stereocenters. The molecule has 110 valence electrons. The number of aromatic hydroxyl groups is 1. The van der Waals surface area contributed by atoms with Gasteiger partial charge in [0.1, 0.15) is 0 Å². The van der Waals surface area contributed by atoms with Gasteiger partial charge in [0, 0.05) is 30.0 Å². The van der Waals surface area contributed by atoms with Gasteiger partial charge in [-0.05, 0) is 30.5 Å². The zero-order chi connectivity index (χ0) is 15.0. The average Bonchev–Trinajstić information content (AvgIpc) is 2.47. The predicted molar refractivity (Wildman–Crippen MR) is 76.0 cm³/mol. The molecule has 3 rings (SSSR count). The van der Waals surface area contributed by atoms with E-state index in [1.807, 2.05) is 0 Å². The Bertz CT molecular complexity index is 648. The number of carbonyl (C=O) groups excluding carboxylic acids is 2. The van der Waals surface area contributed by atoms with Crippen LogP contribution in [-0.2, 0) is 9.59 Å². The third-order valence-corrected chi connectivity index (χ3v) is 4.09. The summed E-state index contributed by atoms with van der Waals surface area (Å²) in [5, 5.41) is 12.5. The Labute approximate surface area is 122 Å². The van der Waals surface area contributed by atoms with Crippen molar-refractivity contribution in [3.8, 4) is 11.5 Å². The summed E-state index contributed by atoms with van der Waals surface area (Å²) in [6, 6.07) is 4.98. The largest absolute Gasteiger partial charge is 0.504 e. The average molecular weight is 287 g/mol. The molecule has 0 saturated heterocycles. The number of phenols is 1. The molecule has 0 saturated carbocycles. The highest BCUT2D eigenvalue weighted by Gasteiger charge is 2.34. The number of Topliss-reactive ketones (excluding diaryl/α,β-unsaturated/α-hetero) is 1. The van der Waals surface area contributed by atoms with E-state index in [9.17, 15) is 14.7 Å². The van der Waals surface area contributed by atoms with Crippen LogP contribution in [0.4, 0.5) is 0 Å². The third-order valence-electron chi connectivity index (χ3n) is 4.09. The summed E-state index contributed by atoms with van der Waals surface area (Å²) in [5.41, 5.74) is 2.30. The Hall–Kier alpha value is -2.30. The van der Waals surface area contributed by atoms with Crippen molar-refractivity contribution in [2.75, 3.05) is 7.11 Å². The molecule has 1 aliphatic carbocycles. The second-order valence-electron chi connectivity index (χ2n) is 5.41. The molecule has 1 aromatic carbocycles. The van der Waals surface area contributed by atoms with Crippen molar-refractivity contribution in [1.29, 1.82) is 0 Å². The molecule has 2 aliphatic rings. The maximum atomic E-state index is 12.3. The predicted octanol–water partition coefficient (Wildman–Crippen LogP) is 2.01. The van der Waals surface area contributed by atoms with Crippen LogP contribution in [-0.4, -0.2) is 23.9 Å². The quantitative estimate of drug-likeness (QED) is 0.872. The van der Waals surface area contributed by atoms with Gasteiger partial charge in [0.05, 0.1) is 7.11 Å². The molecule has 2 N–H and O–H groups in total. The van der Waals surface area contributed by atoms with Crippen molar-refractivity contribution in [3.05, 3.63) is 35.0 Å². The molecule has 1 atom stereocenters. The van der Waals surface area contributed by atoms with Crippen molar-refractivity contribution in [2.24, 2.45) is 0 Å². The van der Waals surface area contributed by atoms with Crippen molar-refractivity contribution in [1.82, 2.24) is 5.32 Å². The second-order valence-corrected chi connectivity index (χ2v) is 5.41. The highest BCUT2D eigenvalue weighted by molar-refractivity contribution is 6.01. The number of hydrogen-bond donors (Lipinski definition) is 2. The molecular formula is C16H17NO4. The number of ether oxygens (including phenoxy) is 1. The maximum Gasteiger partial charge on any atom is 0.225 e. The van der Waals surface area contributed by atoms with E-state index in [-0.39, 0.29) is 29.8 Å². The smallest absolute Gasteiger partial charge is 0.225 e. The van der Waals surface area contributed by atoms with Crippen molar-refractivity contribution in [2.45, 2.75) is 31.6 Å². The number of carbonyl (C=O) groups is 2. The van der Waals surface area contributed by atoms with Gasteiger partial charge in [0.25, 0.3) is 0 Å². The third kappa shape index (κ3) is 2.39. The molecule has 0 fully saturated rings. The summed E-state index contributed by atoms with van der Waals surface area (Å²) in [6.45, 7) is 0. The van der Waals surface area contributed by atoms with Gasteiger partial charge >= 0.3 is 0 Å². The monoisotopic (exact) mass is 287 g/mol. The number of ketones is 1. The fraction of sp³-hybridized carbons (Fsp3) is 0.375. The number of rotatable bonds is 2. The number of hydrogen-bond acceptors (Lipinski definition) is 4. The van der Waals surface area contributed by atoms with Crippen LogP contribution in [0.2, 0.25) is 0 Å². The van der Waals surface area contributed by atoms with Crippen LogP contribution in [0.5, 0.6) is 11.5 Å². The molecule has 1 amide bonds. The van der Waals surface area contributed by atoms with Gasteiger partial charge in [-0.2, -0.15) is 0 Å². The standard InChI is InChI=1S/C16H17NO4/c1-21-14-7-9(5-6-12(14)18)10-8-15(20)17-11-3-2-4-13(19)16(10)11/h5-7,10,18H,2-4,8H2,1H3,(H,17,20). The van der Waals surface area contributed by atoms with Crippen LogP contribution in [0.3, 0.4) is 0 Å². The summed E-state index contributed by atoms with van der Waals surface area (Å²) < 4.78 is 5.11. The van der Waals surface area contributed by atoms with E-state index in [0.29, 0.717) is 17.7 Å². The minimum Gasteiger partial charge on any atom is -0.504 e. The highest BCUT2D eigenvalue weighted by Crippen LogP contribution is 2.40. The summed E-state index contributed by atoms with van der Waals surface area (Å²) in [4.78, 5) is 24.1. The number of phenolic OH excluding ortho intramolecular Hbond substituents is 1. The zero-order valence-corrected chi connectivity index (χ0v) is 11.8. The van der Waals surface area contributed by atoms with Crippen molar-refractivity contribution < 1.29 is 19.4 Å². The fourth-order valence-electron chi connectivity index (χ4n) is 3.10. The minimum absolute atomic E-state index is 0.0469. The van der Waals surface area contributed by atoms with E-state index in [4.69, 9.17) is 4.74 Å². The van der Waals surface area contributed by atoms with Gasteiger partial charge in [-0.1, -0.05) is 6.07 Å². The lowest BCUT2D eigenvalue weighted by atomic mass is 9.78. The van der Waals surface area contributed by atoms with Crippen molar-refractivity contribution in [3.63, 3.8) is 0 Å². The van der Waals surface area contributed by atoms with Gasteiger partial charge in [0.15, 0.2) is 17.3 Å². The fourth-order valence-corrected chi connectivity index (χ4v) is 3.10. The lowest BCUT2D eigenvalue weighted by molar-refractivity contribution is -0.122. The van der Waals surface area contributed by atoms with Crippen LogP contribution in [0.15, 0.2) is 29.5 Å². The van der Waals surface area contributed by atoms with Crippen LogP contribution in [0.1, 0.15) is 37.2 Å². The molecule has 1 heterocycles. The lowest BCUT2D eigenvalue weighted by Gasteiger charge is -2.31. The molecule has 0 spiro atoms. The molecule has 0 radical (unpaired) electrons. The first-order valence-electron chi connectivity index (χ1n) is 7.03. The number of amides is 1. The zero-order valence-electron chi connectivity index (χ0n) is 11.8. The Morgan fingerprint density at radius 3 is 2.86 bits per heavy atom. The van der Waals surface area contributed by atoms with E-state index in [1.54, 1.807) is 12.1 Å². The Balaban J connectivity index is 2.07. The van der Waals surface area contributed by atoms with Crippen molar-refractivity contribution >= 4 is 11.7 Å². The molecule has 21 heavy (non-hydrogen) atoms. The van der Waals surface area contributed by atoms with E-state index < -0.39 is 0 Å². The molecule has 1 aliphatic heterocycles. The number of methoxy groups -OCH3 is 1. The summed E-state index contributed by atoms with van der Waals surface area (Å²) in [5.74, 6) is 0.180. The Morgan fingerprint density at radius 1 is 1.29 bits per heavy atom. The minimum atomic E-state index is -0.254. The number of allylic oxidation sites excluding steroid dienone is 2. The van der Waals surface area contributed by atoms with Gasteiger partial charge in [0.2, 0.25) is 5.91 Å². The van der Waals surface area contributed by atoms with Gasteiger partial charge in [-0.25, -0.2) is 0 Å². The SMILES string of the molecule is COc1cc(C2CC(=O)NC3=C2C(=O)CCC3)ccc1O. The number of nitrogens with one attached hydrogen (secondary N) is 1. The second kappa shape index (κ2) is 5.24. The number of benzene rings is 1.